The van der Waals surface area contributed by atoms with Crippen molar-refractivity contribution in [1.82, 2.24) is 20.9 Å². The van der Waals surface area contributed by atoms with Gasteiger partial charge in [0.2, 0.25) is 17.7 Å². The van der Waals surface area contributed by atoms with Crippen molar-refractivity contribution in [2.24, 2.45) is 5.73 Å². The van der Waals surface area contributed by atoms with Crippen molar-refractivity contribution in [3.05, 3.63) is 65.9 Å². The molecule has 0 bridgehead atoms. The summed E-state index contributed by atoms with van der Waals surface area (Å²) in [5, 5.41) is 28.3. The highest BCUT2D eigenvalue weighted by molar-refractivity contribution is 7.98. The fourth-order valence-electron chi connectivity index (χ4n) is 4.50. The molecule has 1 heterocycles. The standard InChI is InChI=1S/C30H39N5O6S2/c1-42-13-11-22(31)27(37)34-26(16-19-17-32-23-6-4-3-5-21(19)23)29(39)35-25(15-18-7-9-20(36)10-8-18)28(38)33-24(30(40)41)12-14-43-2/h3-10,17,22,24-26,32,36H,11-16,31H2,1-2H3,(H,33,38)(H,34,37)(H,35,39)(H,40,41). The predicted molar refractivity (Wildman–Crippen MR) is 171 cm³/mol. The average Bonchev–Trinajstić information content (AvgIpc) is 3.40. The number of H-pyrrole nitrogens is 1. The topological polar surface area (TPSA) is 187 Å². The molecule has 0 spiro atoms. The number of amides is 3. The molecule has 1 aromatic heterocycles. The Morgan fingerprint density at radius 3 is 2.05 bits per heavy atom. The highest BCUT2D eigenvalue weighted by Crippen LogP contribution is 2.20. The highest BCUT2D eigenvalue weighted by atomic mass is 32.2. The van der Waals surface area contributed by atoms with Crippen LogP contribution >= 0.6 is 23.5 Å². The molecule has 2 aromatic carbocycles. The van der Waals surface area contributed by atoms with E-state index in [4.69, 9.17) is 5.73 Å². The molecule has 0 aliphatic rings. The van der Waals surface area contributed by atoms with Gasteiger partial charge in [0.1, 0.15) is 23.9 Å². The number of carbonyl (C=O) groups excluding carboxylic acids is 3. The van der Waals surface area contributed by atoms with Gasteiger partial charge in [-0.25, -0.2) is 4.79 Å². The average molecular weight is 630 g/mol. The molecule has 0 radical (unpaired) electrons. The lowest BCUT2D eigenvalue weighted by Gasteiger charge is -2.25. The van der Waals surface area contributed by atoms with E-state index in [1.807, 2.05) is 36.8 Å². The molecule has 3 amide bonds. The normalized spacial score (nSPS) is 13.9. The molecule has 232 valence electrons. The van der Waals surface area contributed by atoms with E-state index in [2.05, 4.69) is 20.9 Å². The number of rotatable bonds is 17. The number of phenolic OH excluding ortho intramolecular Hbond substituents is 1. The van der Waals surface area contributed by atoms with Crippen LogP contribution in [0.15, 0.2) is 54.7 Å². The number of nitrogens with two attached hydrogens (primary N) is 1. The van der Waals surface area contributed by atoms with Crippen LogP contribution in [0.1, 0.15) is 24.0 Å². The zero-order valence-electron chi connectivity index (χ0n) is 24.2. The molecule has 0 saturated heterocycles. The quantitative estimate of drug-likeness (QED) is 0.117. The molecular formula is C30H39N5O6S2. The first kappa shape index (κ1) is 33.8. The molecule has 3 aromatic rings. The molecule has 43 heavy (non-hydrogen) atoms. The number of aromatic hydroxyl groups is 1. The van der Waals surface area contributed by atoms with Gasteiger partial charge >= 0.3 is 5.97 Å². The largest absolute Gasteiger partial charge is 0.508 e. The summed E-state index contributed by atoms with van der Waals surface area (Å²) in [6, 6.07) is 9.50. The minimum atomic E-state index is -1.18. The van der Waals surface area contributed by atoms with Gasteiger partial charge in [-0.2, -0.15) is 23.5 Å². The number of carboxylic acid groups (broad SMARTS) is 1. The monoisotopic (exact) mass is 629 g/mol. The maximum Gasteiger partial charge on any atom is 0.326 e. The molecule has 0 fully saturated rings. The number of para-hydroxylation sites is 1. The zero-order chi connectivity index (χ0) is 31.4. The Labute approximate surface area is 259 Å². The van der Waals surface area contributed by atoms with E-state index in [0.717, 1.165) is 16.5 Å². The third kappa shape index (κ3) is 10.2. The number of aliphatic carboxylic acids is 1. The highest BCUT2D eigenvalue weighted by Gasteiger charge is 2.31. The number of thioether (sulfide) groups is 2. The van der Waals surface area contributed by atoms with Gasteiger partial charge in [0.05, 0.1) is 6.04 Å². The molecule has 8 N–H and O–H groups in total. The summed E-state index contributed by atoms with van der Waals surface area (Å²) in [5.74, 6) is -1.74. The van der Waals surface area contributed by atoms with Crippen LogP contribution in [0.3, 0.4) is 0 Å². The maximum absolute atomic E-state index is 13.8. The van der Waals surface area contributed by atoms with Gasteiger partial charge in [-0.15, -0.1) is 0 Å². The molecule has 11 nitrogen and oxygen atoms in total. The molecular weight excluding hydrogens is 590 g/mol. The minimum Gasteiger partial charge on any atom is -0.508 e. The summed E-state index contributed by atoms with van der Waals surface area (Å²) >= 11 is 3.01. The Bertz CT molecular complexity index is 1380. The van der Waals surface area contributed by atoms with Crippen molar-refractivity contribution >= 4 is 58.1 Å². The van der Waals surface area contributed by atoms with Crippen LogP contribution in [0.25, 0.3) is 10.9 Å². The van der Waals surface area contributed by atoms with Crippen molar-refractivity contribution in [3.63, 3.8) is 0 Å². The van der Waals surface area contributed by atoms with Gasteiger partial charge in [-0.1, -0.05) is 30.3 Å². The van der Waals surface area contributed by atoms with Gasteiger partial charge in [0, 0.05) is 29.9 Å². The predicted octanol–water partition coefficient (Wildman–Crippen LogP) is 2.03. The molecule has 0 saturated carbocycles. The van der Waals surface area contributed by atoms with Crippen molar-refractivity contribution < 1.29 is 29.4 Å². The van der Waals surface area contributed by atoms with Crippen molar-refractivity contribution in [2.45, 2.75) is 49.9 Å². The molecule has 4 atom stereocenters. The van der Waals surface area contributed by atoms with E-state index in [1.54, 1.807) is 30.1 Å². The number of hydrogen-bond acceptors (Lipinski definition) is 8. The van der Waals surface area contributed by atoms with E-state index in [9.17, 15) is 29.4 Å². The Balaban J connectivity index is 1.88. The number of phenols is 1. The lowest BCUT2D eigenvalue weighted by Crippen LogP contribution is -2.58. The van der Waals surface area contributed by atoms with E-state index >= 15 is 0 Å². The summed E-state index contributed by atoms with van der Waals surface area (Å²) in [4.78, 5) is 55.3. The number of carboxylic acids is 1. The summed E-state index contributed by atoms with van der Waals surface area (Å²) in [5.41, 5.74) is 8.39. The maximum atomic E-state index is 13.8. The molecule has 4 unspecified atom stereocenters. The Kier molecular flexibility index (Phi) is 13.2. The lowest BCUT2D eigenvalue weighted by molar-refractivity contribution is -0.142. The fourth-order valence-corrected chi connectivity index (χ4v) is 5.46. The van der Waals surface area contributed by atoms with Crippen LogP contribution in [0.2, 0.25) is 0 Å². The van der Waals surface area contributed by atoms with Crippen LogP contribution in [-0.4, -0.2) is 87.1 Å². The number of hydrogen-bond donors (Lipinski definition) is 7. The molecule has 0 aliphatic heterocycles. The van der Waals surface area contributed by atoms with Crippen molar-refractivity contribution in [1.29, 1.82) is 0 Å². The second-order valence-electron chi connectivity index (χ2n) is 10.1. The first-order chi connectivity index (χ1) is 20.6. The molecule has 3 rings (SSSR count). The molecule has 13 heteroatoms. The van der Waals surface area contributed by atoms with Crippen LogP contribution in [0.5, 0.6) is 5.75 Å². The van der Waals surface area contributed by atoms with E-state index in [0.29, 0.717) is 23.5 Å². The smallest absolute Gasteiger partial charge is 0.326 e. The fraction of sp³-hybridized carbons (Fsp3) is 0.400. The minimum absolute atomic E-state index is 0.0215. The zero-order valence-corrected chi connectivity index (χ0v) is 25.8. The summed E-state index contributed by atoms with van der Waals surface area (Å²) < 4.78 is 0. The molecule has 0 aliphatic carbocycles. The Morgan fingerprint density at radius 1 is 0.814 bits per heavy atom. The second-order valence-corrected chi connectivity index (χ2v) is 12.1. The number of benzene rings is 2. The van der Waals surface area contributed by atoms with Crippen LogP contribution in [0, 0.1) is 0 Å². The number of fused-ring (bicyclic) bond motifs is 1. The van der Waals surface area contributed by atoms with Crippen molar-refractivity contribution in [3.8, 4) is 5.75 Å². The van der Waals surface area contributed by atoms with Gasteiger partial charge in [-0.3, -0.25) is 14.4 Å². The van der Waals surface area contributed by atoms with E-state index in [1.165, 1.54) is 23.9 Å². The van der Waals surface area contributed by atoms with Crippen LogP contribution in [-0.2, 0) is 32.0 Å². The number of aromatic amines is 1. The van der Waals surface area contributed by atoms with E-state index < -0.39 is 47.9 Å². The second kappa shape index (κ2) is 16.8. The van der Waals surface area contributed by atoms with Crippen molar-refractivity contribution in [2.75, 3.05) is 24.0 Å². The third-order valence-corrected chi connectivity index (χ3v) is 8.22. The first-order valence-electron chi connectivity index (χ1n) is 13.8. The van der Waals surface area contributed by atoms with Crippen LogP contribution in [0.4, 0.5) is 0 Å². The van der Waals surface area contributed by atoms with Gasteiger partial charge in [0.15, 0.2) is 0 Å². The van der Waals surface area contributed by atoms with Gasteiger partial charge < -0.3 is 36.9 Å². The van der Waals surface area contributed by atoms with Gasteiger partial charge in [0.25, 0.3) is 0 Å². The van der Waals surface area contributed by atoms with E-state index in [-0.39, 0.29) is 25.0 Å². The number of nitrogens with one attached hydrogen (secondary N) is 4. The Hall–Kier alpha value is -3.68. The number of carbonyl (C=O) groups is 4. The van der Waals surface area contributed by atoms with Crippen LogP contribution < -0.4 is 21.7 Å². The lowest BCUT2D eigenvalue weighted by atomic mass is 10.0. The van der Waals surface area contributed by atoms with Gasteiger partial charge in [-0.05, 0) is 66.2 Å². The number of aromatic nitrogens is 1. The third-order valence-electron chi connectivity index (χ3n) is 6.94. The summed E-state index contributed by atoms with van der Waals surface area (Å²) in [6.45, 7) is 0. The SMILES string of the molecule is CSCCC(N)C(=O)NC(Cc1c[nH]c2ccccc12)C(=O)NC(Cc1ccc(O)cc1)C(=O)NC(CCSC)C(=O)O. The first-order valence-corrected chi connectivity index (χ1v) is 16.6. The summed E-state index contributed by atoms with van der Waals surface area (Å²) in [7, 11) is 0. The Morgan fingerprint density at radius 2 is 1.40 bits per heavy atom. The summed E-state index contributed by atoms with van der Waals surface area (Å²) in [6.07, 6.45) is 6.29.